The number of rotatable bonds is 4. The molecular formula is C14H15NO3S. The van der Waals surface area contributed by atoms with Crippen LogP contribution in [0.25, 0.3) is 0 Å². The normalized spacial score (nSPS) is 11.3. The molecule has 2 rings (SSSR count). The van der Waals surface area contributed by atoms with Gasteiger partial charge in [-0.15, -0.1) is 0 Å². The first-order valence-electron chi connectivity index (χ1n) is 5.79. The number of benzene rings is 1. The van der Waals surface area contributed by atoms with Crippen LogP contribution in [0.1, 0.15) is 11.1 Å². The van der Waals surface area contributed by atoms with Crippen LogP contribution < -0.4 is 4.74 Å². The molecule has 0 aliphatic heterocycles. The van der Waals surface area contributed by atoms with Gasteiger partial charge in [-0.2, -0.15) is 0 Å². The molecule has 5 heteroatoms. The predicted octanol–water partition coefficient (Wildman–Crippen LogP) is 2.37. The van der Waals surface area contributed by atoms with E-state index in [2.05, 4.69) is 4.98 Å². The Morgan fingerprint density at radius 1 is 1.11 bits per heavy atom. The molecule has 1 aromatic carbocycles. The third kappa shape index (κ3) is 3.79. The Hall–Kier alpha value is -1.88. The second-order valence-electron chi connectivity index (χ2n) is 4.38. The molecule has 19 heavy (non-hydrogen) atoms. The van der Waals surface area contributed by atoms with Crippen LogP contribution in [-0.4, -0.2) is 19.7 Å². The standard InChI is InChI=1S/C14H15NO3S/c1-11-3-8-14(15-9-11)18-10-12-4-6-13(7-5-12)19(2,16)17/h3-9H,10H2,1-2H3. The van der Waals surface area contributed by atoms with Gasteiger partial charge in [0.05, 0.1) is 4.90 Å². The van der Waals surface area contributed by atoms with Gasteiger partial charge >= 0.3 is 0 Å². The van der Waals surface area contributed by atoms with Crippen LogP contribution >= 0.6 is 0 Å². The van der Waals surface area contributed by atoms with E-state index in [1.54, 1.807) is 36.5 Å². The highest BCUT2D eigenvalue weighted by Gasteiger charge is 2.06. The maximum Gasteiger partial charge on any atom is 0.213 e. The number of aryl methyl sites for hydroxylation is 1. The lowest BCUT2D eigenvalue weighted by molar-refractivity contribution is 0.293. The highest BCUT2D eigenvalue weighted by atomic mass is 32.2. The Bertz CT molecular complexity index is 646. The first-order valence-corrected chi connectivity index (χ1v) is 7.69. The summed E-state index contributed by atoms with van der Waals surface area (Å²) < 4.78 is 28.1. The lowest BCUT2D eigenvalue weighted by atomic mass is 10.2. The lowest BCUT2D eigenvalue weighted by Crippen LogP contribution is -2.00. The molecule has 0 amide bonds. The Kier molecular flexibility index (Phi) is 3.85. The van der Waals surface area contributed by atoms with Gasteiger partial charge in [-0.05, 0) is 30.2 Å². The summed E-state index contributed by atoms with van der Waals surface area (Å²) in [6.07, 6.45) is 2.93. The maximum absolute atomic E-state index is 11.3. The van der Waals surface area contributed by atoms with Crippen molar-refractivity contribution in [2.45, 2.75) is 18.4 Å². The van der Waals surface area contributed by atoms with Crippen molar-refractivity contribution in [3.05, 3.63) is 53.7 Å². The summed E-state index contributed by atoms with van der Waals surface area (Å²) in [4.78, 5) is 4.44. The van der Waals surface area contributed by atoms with E-state index < -0.39 is 9.84 Å². The fraction of sp³-hybridized carbons (Fsp3) is 0.214. The van der Waals surface area contributed by atoms with Crippen molar-refractivity contribution >= 4 is 9.84 Å². The molecule has 4 nitrogen and oxygen atoms in total. The zero-order valence-electron chi connectivity index (χ0n) is 10.8. The molecule has 0 atom stereocenters. The molecule has 1 heterocycles. The van der Waals surface area contributed by atoms with Gasteiger partial charge in [0.2, 0.25) is 5.88 Å². The Balaban J connectivity index is 2.02. The van der Waals surface area contributed by atoms with Gasteiger partial charge in [-0.3, -0.25) is 0 Å². The van der Waals surface area contributed by atoms with Crippen LogP contribution in [0.5, 0.6) is 5.88 Å². The average Bonchev–Trinajstić information content (AvgIpc) is 2.37. The summed E-state index contributed by atoms with van der Waals surface area (Å²) in [5.74, 6) is 0.554. The van der Waals surface area contributed by atoms with E-state index in [0.717, 1.165) is 11.1 Å². The van der Waals surface area contributed by atoms with Gasteiger partial charge in [0.15, 0.2) is 9.84 Å². The molecule has 2 aromatic rings. The maximum atomic E-state index is 11.3. The third-order valence-electron chi connectivity index (χ3n) is 2.62. The molecular weight excluding hydrogens is 262 g/mol. The molecule has 0 spiro atoms. The van der Waals surface area contributed by atoms with Crippen molar-refractivity contribution in [2.75, 3.05) is 6.26 Å². The minimum Gasteiger partial charge on any atom is -0.473 e. The van der Waals surface area contributed by atoms with Gasteiger partial charge in [0.1, 0.15) is 6.61 Å². The number of aromatic nitrogens is 1. The van der Waals surface area contributed by atoms with Gasteiger partial charge in [0, 0.05) is 18.5 Å². The van der Waals surface area contributed by atoms with Crippen LogP contribution in [0.3, 0.4) is 0 Å². The van der Waals surface area contributed by atoms with Crippen LogP contribution in [0.4, 0.5) is 0 Å². The van der Waals surface area contributed by atoms with Crippen molar-refractivity contribution in [2.24, 2.45) is 0 Å². The Morgan fingerprint density at radius 2 is 1.79 bits per heavy atom. The largest absolute Gasteiger partial charge is 0.473 e. The van der Waals surface area contributed by atoms with Crippen LogP contribution in [0.15, 0.2) is 47.5 Å². The second kappa shape index (κ2) is 5.40. The summed E-state index contributed by atoms with van der Waals surface area (Å²) in [6, 6.07) is 10.4. The van der Waals surface area contributed by atoms with Gasteiger partial charge in [0.25, 0.3) is 0 Å². The van der Waals surface area contributed by atoms with Gasteiger partial charge in [-0.1, -0.05) is 18.2 Å². The highest BCUT2D eigenvalue weighted by Crippen LogP contribution is 2.13. The summed E-state index contributed by atoms with van der Waals surface area (Å²) in [6.45, 7) is 2.32. The number of ether oxygens (including phenoxy) is 1. The van der Waals surface area contributed by atoms with E-state index in [-0.39, 0.29) is 0 Å². The molecule has 0 bridgehead atoms. The highest BCUT2D eigenvalue weighted by molar-refractivity contribution is 7.90. The van der Waals surface area contributed by atoms with Crippen molar-refractivity contribution in [3.63, 3.8) is 0 Å². The number of hydrogen-bond donors (Lipinski definition) is 0. The number of nitrogens with zero attached hydrogens (tertiary/aromatic N) is 1. The van der Waals surface area contributed by atoms with Crippen molar-refractivity contribution in [3.8, 4) is 5.88 Å². The fourth-order valence-corrected chi connectivity index (χ4v) is 2.16. The van der Waals surface area contributed by atoms with E-state index >= 15 is 0 Å². The van der Waals surface area contributed by atoms with E-state index in [4.69, 9.17) is 4.74 Å². The third-order valence-corrected chi connectivity index (χ3v) is 3.75. The smallest absolute Gasteiger partial charge is 0.213 e. The molecule has 0 radical (unpaired) electrons. The molecule has 1 aromatic heterocycles. The molecule has 0 aliphatic carbocycles. The molecule has 0 saturated heterocycles. The van der Waals surface area contributed by atoms with Gasteiger partial charge in [-0.25, -0.2) is 13.4 Å². The minimum absolute atomic E-state index is 0.310. The van der Waals surface area contributed by atoms with Gasteiger partial charge < -0.3 is 4.74 Å². The summed E-state index contributed by atoms with van der Waals surface area (Å²) in [7, 11) is -3.14. The quantitative estimate of drug-likeness (QED) is 0.861. The van der Waals surface area contributed by atoms with Crippen LogP contribution in [0.2, 0.25) is 0 Å². The number of hydrogen-bond acceptors (Lipinski definition) is 4. The van der Waals surface area contributed by atoms with E-state index in [1.807, 2.05) is 13.0 Å². The average molecular weight is 277 g/mol. The molecule has 0 N–H and O–H groups in total. The molecule has 0 aliphatic rings. The van der Waals surface area contributed by atoms with Crippen molar-refractivity contribution in [1.29, 1.82) is 0 Å². The Labute approximate surface area is 113 Å². The Morgan fingerprint density at radius 3 is 2.32 bits per heavy atom. The van der Waals surface area contributed by atoms with E-state index in [0.29, 0.717) is 17.4 Å². The topological polar surface area (TPSA) is 56.3 Å². The summed E-state index contributed by atoms with van der Waals surface area (Å²) in [5, 5.41) is 0. The molecule has 0 unspecified atom stereocenters. The molecule has 100 valence electrons. The second-order valence-corrected chi connectivity index (χ2v) is 6.39. The zero-order chi connectivity index (χ0) is 13.9. The van der Waals surface area contributed by atoms with Crippen molar-refractivity contribution in [1.82, 2.24) is 4.98 Å². The number of sulfone groups is 1. The predicted molar refractivity (Wildman–Crippen MR) is 72.9 cm³/mol. The van der Waals surface area contributed by atoms with Crippen LogP contribution in [-0.2, 0) is 16.4 Å². The van der Waals surface area contributed by atoms with E-state index in [9.17, 15) is 8.42 Å². The molecule has 0 fully saturated rings. The summed E-state index contributed by atoms with van der Waals surface area (Å²) in [5.41, 5.74) is 1.97. The van der Waals surface area contributed by atoms with E-state index in [1.165, 1.54) is 6.26 Å². The first kappa shape index (κ1) is 13.5. The lowest BCUT2D eigenvalue weighted by Gasteiger charge is -2.06. The minimum atomic E-state index is -3.14. The fourth-order valence-electron chi connectivity index (χ4n) is 1.53. The van der Waals surface area contributed by atoms with Crippen molar-refractivity contribution < 1.29 is 13.2 Å². The SMILES string of the molecule is Cc1ccc(OCc2ccc(S(C)(=O)=O)cc2)nc1. The first-order chi connectivity index (χ1) is 8.95. The monoisotopic (exact) mass is 277 g/mol. The zero-order valence-corrected chi connectivity index (χ0v) is 11.6. The summed E-state index contributed by atoms with van der Waals surface area (Å²) >= 11 is 0. The molecule has 0 saturated carbocycles. The number of pyridine rings is 1. The van der Waals surface area contributed by atoms with Crippen LogP contribution in [0, 0.1) is 6.92 Å².